The van der Waals surface area contributed by atoms with Gasteiger partial charge < -0.3 is 19.2 Å². The van der Waals surface area contributed by atoms with E-state index in [2.05, 4.69) is 15.2 Å². The summed E-state index contributed by atoms with van der Waals surface area (Å²) < 4.78 is 40.7. The van der Waals surface area contributed by atoms with Gasteiger partial charge in [-0.3, -0.25) is 4.79 Å². The number of aryl methyl sites for hydroxylation is 1. The minimum atomic E-state index is -3.94. The number of hydrazone groups is 1. The molecule has 1 amide bonds. The first kappa shape index (κ1) is 22.9. The second kappa shape index (κ2) is 9.56. The van der Waals surface area contributed by atoms with Gasteiger partial charge in [0.15, 0.2) is 11.5 Å². The van der Waals surface area contributed by atoms with Crippen molar-refractivity contribution in [3.8, 4) is 11.5 Å². The second-order valence-corrected chi connectivity index (χ2v) is 8.39. The molecule has 1 heterocycles. The van der Waals surface area contributed by atoms with Crippen LogP contribution in [0.4, 0.5) is 5.69 Å². The van der Waals surface area contributed by atoms with Gasteiger partial charge in [0.25, 0.3) is 15.9 Å². The molecule has 0 bridgehead atoms. The number of rotatable bonds is 8. The Bertz CT molecular complexity index is 1260. The maximum atomic E-state index is 12.6. The van der Waals surface area contributed by atoms with Gasteiger partial charge in [0.05, 0.1) is 36.7 Å². The van der Waals surface area contributed by atoms with Gasteiger partial charge in [-0.05, 0) is 49.7 Å². The Morgan fingerprint density at radius 2 is 1.78 bits per heavy atom. The third kappa shape index (κ3) is 5.09. The Hall–Kier alpha value is -3.79. The first-order valence-electron chi connectivity index (χ1n) is 9.49. The lowest BCUT2D eigenvalue weighted by atomic mass is 10.1. The fourth-order valence-corrected chi connectivity index (χ4v) is 3.74. The standard InChI is InChI=1S/C22H23N3O6S/c1-14(24-25-32(27,28)18-8-9-20(29-3)21(13-18)30-4)16-6-5-7-17(12-16)23-22(26)19-10-11-31-15(19)2/h5-13,25H,1-4H3,(H,23,26)/b24-14-. The molecule has 10 heteroatoms. The van der Waals surface area contributed by atoms with Crippen molar-refractivity contribution < 1.29 is 27.1 Å². The van der Waals surface area contributed by atoms with Crippen molar-refractivity contribution in [3.63, 3.8) is 0 Å². The quantitative estimate of drug-likeness (QED) is 0.394. The number of furan rings is 1. The Kier molecular flexibility index (Phi) is 6.84. The van der Waals surface area contributed by atoms with E-state index < -0.39 is 10.0 Å². The minimum Gasteiger partial charge on any atom is -0.493 e. The highest BCUT2D eigenvalue weighted by Gasteiger charge is 2.17. The van der Waals surface area contributed by atoms with E-state index in [-0.39, 0.29) is 16.6 Å². The molecule has 0 saturated heterocycles. The van der Waals surface area contributed by atoms with Crippen molar-refractivity contribution in [3.05, 3.63) is 71.7 Å². The van der Waals surface area contributed by atoms with E-state index in [1.807, 2.05) is 0 Å². The first-order chi connectivity index (χ1) is 15.2. The summed E-state index contributed by atoms with van der Waals surface area (Å²) in [5, 5.41) is 6.79. The molecule has 0 radical (unpaired) electrons. The molecule has 0 saturated carbocycles. The third-order valence-electron chi connectivity index (χ3n) is 4.64. The zero-order valence-electron chi connectivity index (χ0n) is 18.0. The molecule has 2 aromatic carbocycles. The number of carbonyl (C=O) groups is 1. The summed E-state index contributed by atoms with van der Waals surface area (Å²) in [4.78, 5) is 14.6. The number of ether oxygens (including phenoxy) is 2. The molecule has 0 aliphatic heterocycles. The molecule has 9 nitrogen and oxygen atoms in total. The summed E-state index contributed by atoms with van der Waals surface area (Å²) in [6.45, 7) is 3.35. The van der Waals surface area contributed by atoms with Gasteiger partial charge in [0.1, 0.15) is 5.76 Å². The molecule has 32 heavy (non-hydrogen) atoms. The zero-order valence-corrected chi connectivity index (χ0v) is 18.8. The molecule has 0 atom stereocenters. The van der Waals surface area contributed by atoms with Crippen LogP contribution in [0.25, 0.3) is 0 Å². The van der Waals surface area contributed by atoms with Crippen LogP contribution in [-0.4, -0.2) is 34.3 Å². The van der Waals surface area contributed by atoms with Crippen molar-refractivity contribution in [2.75, 3.05) is 19.5 Å². The lowest BCUT2D eigenvalue weighted by Crippen LogP contribution is -2.20. The van der Waals surface area contributed by atoms with E-state index in [1.54, 1.807) is 44.2 Å². The summed E-state index contributed by atoms with van der Waals surface area (Å²) >= 11 is 0. The average Bonchev–Trinajstić information content (AvgIpc) is 3.23. The summed E-state index contributed by atoms with van der Waals surface area (Å²) in [5.41, 5.74) is 2.00. The van der Waals surface area contributed by atoms with Gasteiger partial charge in [-0.2, -0.15) is 18.4 Å². The highest BCUT2D eigenvalue weighted by molar-refractivity contribution is 7.89. The predicted octanol–water partition coefficient (Wildman–Crippen LogP) is 3.56. The molecule has 0 unspecified atom stereocenters. The molecule has 2 N–H and O–H groups in total. The maximum absolute atomic E-state index is 12.6. The smallest absolute Gasteiger partial charge is 0.276 e. The Morgan fingerprint density at radius 1 is 1.03 bits per heavy atom. The number of anilines is 1. The van der Waals surface area contributed by atoms with Crippen LogP contribution >= 0.6 is 0 Å². The number of methoxy groups -OCH3 is 2. The number of hydrogen-bond donors (Lipinski definition) is 2. The SMILES string of the molecule is COc1ccc(S(=O)(=O)N/N=C(/C)c2cccc(NC(=O)c3ccoc3C)c2)cc1OC. The van der Waals surface area contributed by atoms with Crippen LogP contribution in [-0.2, 0) is 10.0 Å². The molecular formula is C22H23N3O6S. The normalized spacial score (nSPS) is 11.7. The second-order valence-electron chi connectivity index (χ2n) is 6.73. The highest BCUT2D eigenvalue weighted by atomic mass is 32.2. The predicted molar refractivity (Wildman–Crippen MR) is 120 cm³/mol. The molecular weight excluding hydrogens is 434 g/mol. The molecule has 0 fully saturated rings. The average molecular weight is 458 g/mol. The number of carbonyl (C=O) groups excluding carboxylic acids is 1. The van der Waals surface area contributed by atoms with Crippen LogP contribution in [0.15, 0.2) is 69.2 Å². The zero-order chi connectivity index (χ0) is 23.3. The van der Waals surface area contributed by atoms with E-state index >= 15 is 0 Å². The lowest BCUT2D eigenvalue weighted by Gasteiger charge is -2.10. The van der Waals surface area contributed by atoms with Gasteiger partial charge in [-0.15, -0.1) is 0 Å². The molecule has 1 aromatic heterocycles. The number of benzene rings is 2. The van der Waals surface area contributed by atoms with Gasteiger partial charge >= 0.3 is 0 Å². The van der Waals surface area contributed by atoms with Gasteiger partial charge in [-0.25, -0.2) is 0 Å². The van der Waals surface area contributed by atoms with Crippen molar-refractivity contribution in [2.24, 2.45) is 5.10 Å². The number of hydrogen-bond acceptors (Lipinski definition) is 7. The van der Waals surface area contributed by atoms with Gasteiger partial charge in [0, 0.05) is 11.8 Å². The monoisotopic (exact) mass is 457 g/mol. The Balaban J connectivity index is 1.77. The summed E-state index contributed by atoms with van der Waals surface area (Å²) in [6.07, 6.45) is 1.45. The summed E-state index contributed by atoms with van der Waals surface area (Å²) in [6, 6.07) is 12.7. The largest absolute Gasteiger partial charge is 0.493 e. The van der Waals surface area contributed by atoms with Crippen molar-refractivity contribution >= 4 is 27.3 Å². The van der Waals surface area contributed by atoms with Crippen LogP contribution in [0.2, 0.25) is 0 Å². The number of sulfonamides is 1. The van der Waals surface area contributed by atoms with E-state index in [1.165, 1.54) is 38.7 Å². The van der Waals surface area contributed by atoms with Crippen LogP contribution in [0, 0.1) is 6.92 Å². The van der Waals surface area contributed by atoms with Crippen LogP contribution in [0.1, 0.15) is 28.6 Å². The van der Waals surface area contributed by atoms with E-state index in [0.29, 0.717) is 34.0 Å². The van der Waals surface area contributed by atoms with Crippen LogP contribution in [0.5, 0.6) is 11.5 Å². The molecule has 3 aromatic rings. The van der Waals surface area contributed by atoms with Crippen molar-refractivity contribution in [1.82, 2.24) is 4.83 Å². The third-order valence-corrected chi connectivity index (χ3v) is 5.85. The fraction of sp³-hybridized carbons (Fsp3) is 0.182. The molecule has 3 rings (SSSR count). The van der Waals surface area contributed by atoms with Crippen molar-refractivity contribution in [2.45, 2.75) is 18.7 Å². The molecule has 168 valence electrons. The van der Waals surface area contributed by atoms with E-state index in [9.17, 15) is 13.2 Å². The Morgan fingerprint density at radius 3 is 2.44 bits per heavy atom. The highest BCUT2D eigenvalue weighted by Crippen LogP contribution is 2.29. The number of nitrogens with zero attached hydrogens (tertiary/aromatic N) is 1. The van der Waals surface area contributed by atoms with Crippen LogP contribution in [0.3, 0.4) is 0 Å². The fourth-order valence-electron chi connectivity index (χ4n) is 2.87. The Labute approximate surface area is 186 Å². The molecule has 0 aliphatic rings. The molecule has 0 spiro atoms. The molecule has 0 aliphatic carbocycles. The maximum Gasteiger partial charge on any atom is 0.276 e. The number of amides is 1. The van der Waals surface area contributed by atoms with Crippen molar-refractivity contribution in [1.29, 1.82) is 0 Å². The first-order valence-corrected chi connectivity index (χ1v) is 11.0. The summed E-state index contributed by atoms with van der Waals surface area (Å²) in [5.74, 6) is 0.904. The van der Waals surface area contributed by atoms with Crippen LogP contribution < -0.4 is 19.6 Å². The minimum absolute atomic E-state index is 0.0248. The van der Waals surface area contributed by atoms with Gasteiger partial charge in [0.2, 0.25) is 0 Å². The van der Waals surface area contributed by atoms with E-state index in [0.717, 1.165) is 0 Å². The number of nitrogens with one attached hydrogen (secondary N) is 2. The lowest BCUT2D eigenvalue weighted by molar-refractivity contribution is 0.102. The summed E-state index contributed by atoms with van der Waals surface area (Å²) in [7, 11) is -1.05. The topological polar surface area (TPSA) is 119 Å². The van der Waals surface area contributed by atoms with E-state index in [4.69, 9.17) is 13.9 Å². The van der Waals surface area contributed by atoms with Gasteiger partial charge in [-0.1, -0.05) is 12.1 Å².